The van der Waals surface area contributed by atoms with Crippen molar-refractivity contribution in [1.29, 1.82) is 0 Å². The number of benzene rings is 2. The van der Waals surface area contributed by atoms with Crippen LogP contribution in [0.25, 0.3) is 5.57 Å². The van der Waals surface area contributed by atoms with Gasteiger partial charge in [-0.3, -0.25) is 9.79 Å². The van der Waals surface area contributed by atoms with Crippen molar-refractivity contribution >= 4 is 17.2 Å². The first-order chi connectivity index (χ1) is 16.9. The van der Waals surface area contributed by atoms with Crippen LogP contribution in [0.5, 0.6) is 0 Å². The number of carbonyl (C=O) groups is 1. The number of nitrogens with zero attached hydrogens (tertiary/aromatic N) is 3. The summed E-state index contributed by atoms with van der Waals surface area (Å²) in [6.45, 7) is -1.01. The van der Waals surface area contributed by atoms with Gasteiger partial charge in [-0.2, -0.15) is 0 Å². The van der Waals surface area contributed by atoms with Gasteiger partial charge in [0.1, 0.15) is 29.3 Å². The average molecular weight is 484 g/mol. The number of halogens is 4. The zero-order chi connectivity index (χ0) is 24.9. The van der Waals surface area contributed by atoms with Crippen molar-refractivity contribution in [3.63, 3.8) is 0 Å². The monoisotopic (exact) mass is 484 g/mol. The highest BCUT2D eigenvalue weighted by atomic mass is 19.1. The first kappa shape index (κ1) is 24.2. The van der Waals surface area contributed by atoms with E-state index in [0.717, 1.165) is 6.07 Å². The normalized spacial score (nSPS) is 15.1. The van der Waals surface area contributed by atoms with E-state index in [1.54, 1.807) is 6.07 Å². The molecule has 35 heavy (non-hydrogen) atoms. The minimum Gasteiger partial charge on any atom is -0.393 e. The molecule has 0 saturated heterocycles. The molecule has 2 aromatic carbocycles. The van der Waals surface area contributed by atoms with Crippen molar-refractivity contribution < 1.29 is 27.5 Å². The number of nitrogens with one attached hydrogen (secondary N) is 1. The third-order valence-electron chi connectivity index (χ3n) is 5.51. The number of carbonyl (C=O) groups excluding carboxylic acids is 1. The number of alkyl halides is 1. The molecule has 1 aromatic heterocycles. The maximum absolute atomic E-state index is 15.3. The number of aliphatic imine (C=N–C) groups is 1. The Morgan fingerprint density at radius 1 is 1.03 bits per heavy atom. The van der Waals surface area contributed by atoms with Crippen molar-refractivity contribution in [2.75, 3.05) is 13.2 Å². The lowest BCUT2D eigenvalue weighted by molar-refractivity contribution is 0.0867. The molecule has 1 aliphatic heterocycles. The first-order valence-corrected chi connectivity index (χ1v) is 10.7. The van der Waals surface area contributed by atoms with E-state index in [0.29, 0.717) is 5.56 Å². The van der Waals surface area contributed by atoms with E-state index in [4.69, 9.17) is 0 Å². The molecule has 2 heterocycles. The van der Waals surface area contributed by atoms with Crippen LogP contribution in [0.1, 0.15) is 27.3 Å². The predicted molar refractivity (Wildman–Crippen MR) is 121 cm³/mol. The second kappa shape index (κ2) is 10.6. The second-order valence-electron chi connectivity index (χ2n) is 7.77. The fourth-order valence-electron chi connectivity index (χ4n) is 3.73. The molecular formula is C25H20F4N4O2. The van der Waals surface area contributed by atoms with Gasteiger partial charge < -0.3 is 10.4 Å². The maximum Gasteiger partial charge on any atom is 0.252 e. The Hall–Kier alpha value is -3.92. The van der Waals surface area contributed by atoms with Gasteiger partial charge in [0.2, 0.25) is 0 Å². The Kier molecular flexibility index (Phi) is 7.31. The molecule has 0 bridgehead atoms. The number of rotatable bonds is 8. The van der Waals surface area contributed by atoms with Crippen LogP contribution in [0.2, 0.25) is 0 Å². The number of amides is 1. The number of hydrogen-bond acceptors (Lipinski definition) is 5. The lowest BCUT2D eigenvalue weighted by Crippen LogP contribution is -2.45. The van der Waals surface area contributed by atoms with Gasteiger partial charge in [0.25, 0.3) is 5.91 Å². The van der Waals surface area contributed by atoms with Crippen LogP contribution in [-0.2, 0) is 6.42 Å². The summed E-state index contributed by atoms with van der Waals surface area (Å²) in [6, 6.07) is 9.02. The zero-order valence-corrected chi connectivity index (χ0v) is 18.3. The third kappa shape index (κ3) is 5.27. The molecule has 0 spiro atoms. The summed E-state index contributed by atoms with van der Waals surface area (Å²) in [5, 5.41) is 11.7. The standard InChI is InChI=1S/C25H20F4N4O2/c26-15-7-5-14(6-8-15)17-12-32-24(23(17)29)22-16(3-1-4-18(22)27)25(35)33-20(19(28)13-34)11-21-30-9-2-10-31-21/h1-10,19-20,34H,11-13H2,(H,33,35)/t19-,20-/m1/s1. The highest BCUT2D eigenvalue weighted by molar-refractivity contribution is 6.21. The Morgan fingerprint density at radius 3 is 2.43 bits per heavy atom. The Bertz CT molecular complexity index is 1280. The largest absolute Gasteiger partial charge is 0.393 e. The van der Waals surface area contributed by atoms with Crippen LogP contribution in [-0.4, -0.2) is 52.1 Å². The van der Waals surface area contributed by atoms with Crippen LogP contribution in [0.15, 0.2) is 71.7 Å². The highest BCUT2D eigenvalue weighted by Crippen LogP contribution is 2.31. The SMILES string of the molecule is O=C(N[C@H](Cc1ncccn1)[C@H](F)CO)c1cccc(F)c1C1=NCC(c2ccc(F)cc2)=C1F. The molecule has 4 rings (SSSR count). The number of aliphatic hydroxyl groups is 1. The topological polar surface area (TPSA) is 87.5 Å². The molecule has 2 atom stereocenters. The zero-order valence-electron chi connectivity index (χ0n) is 18.3. The number of aliphatic hydroxyl groups excluding tert-OH is 1. The van der Waals surface area contributed by atoms with E-state index >= 15 is 4.39 Å². The summed E-state index contributed by atoms with van der Waals surface area (Å²) in [7, 11) is 0. The fourth-order valence-corrected chi connectivity index (χ4v) is 3.73. The van der Waals surface area contributed by atoms with E-state index in [1.807, 2.05) is 0 Å². The molecule has 6 nitrogen and oxygen atoms in total. The molecule has 0 aliphatic carbocycles. The van der Waals surface area contributed by atoms with Crippen LogP contribution in [0.4, 0.5) is 17.6 Å². The first-order valence-electron chi connectivity index (χ1n) is 10.7. The molecule has 2 N–H and O–H groups in total. The average Bonchev–Trinajstić information content (AvgIpc) is 3.24. The summed E-state index contributed by atoms with van der Waals surface area (Å²) in [5.74, 6) is -2.89. The van der Waals surface area contributed by atoms with Gasteiger partial charge in [-0.05, 0) is 35.9 Å². The second-order valence-corrected chi connectivity index (χ2v) is 7.77. The number of hydrogen-bond donors (Lipinski definition) is 2. The summed E-state index contributed by atoms with van der Waals surface area (Å²) >= 11 is 0. The van der Waals surface area contributed by atoms with Crippen LogP contribution in [0, 0.1) is 11.6 Å². The summed E-state index contributed by atoms with van der Waals surface area (Å²) in [6.07, 6.45) is 0.905. The smallest absolute Gasteiger partial charge is 0.252 e. The highest BCUT2D eigenvalue weighted by Gasteiger charge is 2.30. The van der Waals surface area contributed by atoms with Crippen molar-refractivity contribution in [3.8, 4) is 0 Å². The minimum atomic E-state index is -1.86. The molecule has 0 unspecified atom stereocenters. The Labute approximate surface area is 198 Å². The van der Waals surface area contributed by atoms with E-state index in [2.05, 4.69) is 20.3 Å². The van der Waals surface area contributed by atoms with Crippen molar-refractivity contribution in [2.24, 2.45) is 4.99 Å². The molecule has 1 amide bonds. The molecule has 0 fully saturated rings. The predicted octanol–water partition coefficient (Wildman–Crippen LogP) is 3.61. The lowest BCUT2D eigenvalue weighted by Gasteiger charge is -2.21. The van der Waals surface area contributed by atoms with Crippen molar-refractivity contribution in [2.45, 2.75) is 18.6 Å². The van der Waals surface area contributed by atoms with Crippen molar-refractivity contribution in [1.82, 2.24) is 15.3 Å². The summed E-state index contributed by atoms with van der Waals surface area (Å²) in [5.41, 5.74) is -0.513. The van der Waals surface area contributed by atoms with Gasteiger partial charge >= 0.3 is 0 Å². The Balaban J connectivity index is 1.65. The molecule has 10 heteroatoms. The van der Waals surface area contributed by atoms with Gasteiger partial charge in [0.15, 0.2) is 5.83 Å². The van der Waals surface area contributed by atoms with Crippen LogP contribution >= 0.6 is 0 Å². The fraction of sp³-hybridized carbons (Fsp3) is 0.200. The molecule has 1 aliphatic rings. The molecule has 0 saturated carbocycles. The summed E-state index contributed by atoms with van der Waals surface area (Å²) < 4.78 is 57.9. The van der Waals surface area contributed by atoms with Gasteiger partial charge in [0.05, 0.1) is 30.3 Å². The van der Waals surface area contributed by atoms with E-state index in [9.17, 15) is 23.1 Å². The van der Waals surface area contributed by atoms with Gasteiger partial charge in [0, 0.05) is 24.4 Å². The summed E-state index contributed by atoms with van der Waals surface area (Å²) in [4.78, 5) is 25.2. The third-order valence-corrected chi connectivity index (χ3v) is 5.51. The van der Waals surface area contributed by atoms with Gasteiger partial charge in [-0.25, -0.2) is 27.5 Å². The van der Waals surface area contributed by atoms with Crippen molar-refractivity contribution in [3.05, 3.63) is 101 Å². The maximum atomic E-state index is 15.3. The number of allylic oxidation sites excluding steroid dienone is 1. The Morgan fingerprint density at radius 2 is 1.74 bits per heavy atom. The van der Waals surface area contributed by atoms with Crippen LogP contribution in [0.3, 0.4) is 0 Å². The van der Waals surface area contributed by atoms with Crippen LogP contribution < -0.4 is 5.32 Å². The van der Waals surface area contributed by atoms with E-state index in [1.165, 1.54) is 48.8 Å². The minimum absolute atomic E-state index is 0.123. The number of aromatic nitrogens is 2. The van der Waals surface area contributed by atoms with E-state index in [-0.39, 0.29) is 41.2 Å². The lowest BCUT2D eigenvalue weighted by atomic mass is 9.98. The molecule has 180 valence electrons. The molecule has 3 aromatic rings. The van der Waals surface area contributed by atoms with Gasteiger partial charge in [-0.15, -0.1) is 0 Å². The van der Waals surface area contributed by atoms with E-state index < -0.39 is 42.2 Å². The molecular weight excluding hydrogens is 464 g/mol. The quantitative estimate of drug-likeness (QED) is 0.479. The van der Waals surface area contributed by atoms with Gasteiger partial charge in [-0.1, -0.05) is 18.2 Å². The molecule has 0 radical (unpaired) electrons.